The minimum atomic E-state index is 0.815. The zero-order valence-corrected chi connectivity index (χ0v) is 15.6. The summed E-state index contributed by atoms with van der Waals surface area (Å²) in [4.78, 5) is 0. The lowest BCUT2D eigenvalue weighted by Crippen LogP contribution is -2.12. The third kappa shape index (κ3) is 4.04. The van der Waals surface area contributed by atoms with Crippen molar-refractivity contribution in [2.45, 2.75) is 19.6 Å². The van der Waals surface area contributed by atoms with Gasteiger partial charge in [0.25, 0.3) is 0 Å². The summed E-state index contributed by atoms with van der Waals surface area (Å²) in [5.41, 5.74) is 5.14. The van der Waals surface area contributed by atoms with E-state index in [-0.39, 0.29) is 0 Å². The van der Waals surface area contributed by atoms with Crippen LogP contribution >= 0.6 is 0 Å². The first-order chi connectivity index (χ1) is 13.3. The van der Waals surface area contributed by atoms with Crippen LogP contribution in [0.2, 0.25) is 0 Å². The zero-order valence-electron chi connectivity index (χ0n) is 15.6. The van der Waals surface area contributed by atoms with Crippen LogP contribution in [0.4, 0.5) is 0 Å². The van der Waals surface area contributed by atoms with Crippen LogP contribution in [-0.4, -0.2) is 11.7 Å². The Morgan fingerprint density at radius 1 is 0.815 bits per heavy atom. The van der Waals surface area contributed by atoms with Gasteiger partial charge in [-0.3, -0.25) is 0 Å². The molecule has 0 unspecified atom stereocenters. The summed E-state index contributed by atoms with van der Waals surface area (Å²) < 4.78 is 7.65. The molecule has 0 aliphatic rings. The number of aromatic nitrogens is 1. The molecule has 0 spiro atoms. The lowest BCUT2D eigenvalue weighted by atomic mass is 10.1. The highest BCUT2D eigenvalue weighted by molar-refractivity contribution is 5.84. The molecule has 1 N–H and O–H groups in total. The van der Waals surface area contributed by atoms with E-state index in [4.69, 9.17) is 4.74 Å². The quantitative estimate of drug-likeness (QED) is 0.505. The second-order valence-electron chi connectivity index (χ2n) is 6.74. The maximum absolute atomic E-state index is 5.31. The summed E-state index contributed by atoms with van der Waals surface area (Å²) in [6.45, 7) is 2.53. The van der Waals surface area contributed by atoms with Gasteiger partial charge < -0.3 is 14.6 Å². The number of hydrogen-bond acceptors (Lipinski definition) is 2. The lowest BCUT2D eigenvalue weighted by molar-refractivity contribution is 0.414. The van der Waals surface area contributed by atoms with Crippen molar-refractivity contribution >= 4 is 10.9 Å². The van der Waals surface area contributed by atoms with Gasteiger partial charge in [0.2, 0.25) is 0 Å². The van der Waals surface area contributed by atoms with Crippen molar-refractivity contribution in [3.05, 3.63) is 102 Å². The van der Waals surface area contributed by atoms with Crippen molar-refractivity contribution in [1.82, 2.24) is 9.88 Å². The number of methoxy groups -OCH3 is 1. The van der Waals surface area contributed by atoms with Crippen LogP contribution in [0.1, 0.15) is 16.7 Å². The number of benzene rings is 3. The van der Waals surface area contributed by atoms with Crippen molar-refractivity contribution in [2.24, 2.45) is 0 Å². The molecule has 4 rings (SSSR count). The number of ether oxygens (including phenoxy) is 1. The van der Waals surface area contributed by atoms with Gasteiger partial charge in [-0.2, -0.15) is 0 Å². The van der Waals surface area contributed by atoms with E-state index in [1.807, 2.05) is 12.1 Å². The van der Waals surface area contributed by atoms with Gasteiger partial charge in [0, 0.05) is 36.7 Å². The predicted octanol–water partition coefficient (Wildman–Crippen LogP) is 4.99. The molecular weight excluding hydrogens is 332 g/mol. The van der Waals surface area contributed by atoms with Gasteiger partial charge >= 0.3 is 0 Å². The Morgan fingerprint density at radius 2 is 1.59 bits per heavy atom. The van der Waals surface area contributed by atoms with Crippen molar-refractivity contribution in [3.63, 3.8) is 0 Å². The fourth-order valence-corrected chi connectivity index (χ4v) is 3.50. The van der Waals surface area contributed by atoms with Gasteiger partial charge in [-0.1, -0.05) is 60.7 Å². The molecule has 3 nitrogen and oxygen atoms in total. The SMILES string of the molecule is COc1cccc(CNCc2cn(Cc3ccccc3)c3ccccc23)c1. The van der Waals surface area contributed by atoms with Crippen LogP contribution in [0.25, 0.3) is 10.9 Å². The second kappa shape index (κ2) is 8.11. The molecule has 4 aromatic rings. The minimum absolute atomic E-state index is 0.815. The van der Waals surface area contributed by atoms with E-state index in [2.05, 4.69) is 82.8 Å². The molecule has 0 aliphatic heterocycles. The zero-order chi connectivity index (χ0) is 18.5. The number of hydrogen-bond donors (Lipinski definition) is 1. The number of nitrogens with one attached hydrogen (secondary N) is 1. The molecule has 0 bridgehead atoms. The van der Waals surface area contributed by atoms with Gasteiger partial charge in [-0.05, 0) is 34.9 Å². The van der Waals surface area contributed by atoms with E-state index in [1.54, 1.807) is 7.11 Å². The number of nitrogens with zero attached hydrogens (tertiary/aromatic N) is 1. The lowest BCUT2D eigenvalue weighted by Gasteiger charge is -2.06. The monoisotopic (exact) mass is 356 g/mol. The molecule has 0 fully saturated rings. The Labute approximate surface area is 160 Å². The molecule has 0 saturated carbocycles. The Kier molecular flexibility index (Phi) is 5.22. The van der Waals surface area contributed by atoms with Gasteiger partial charge in [0.15, 0.2) is 0 Å². The number of fused-ring (bicyclic) bond motifs is 1. The largest absolute Gasteiger partial charge is 0.497 e. The topological polar surface area (TPSA) is 26.2 Å². The standard InChI is InChI=1S/C24H24N2O/c1-27-22-11-7-10-20(14-22)15-25-16-21-18-26(17-19-8-3-2-4-9-19)24-13-6-5-12-23(21)24/h2-14,18,25H,15-17H2,1H3. The van der Waals surface area contributed by atoms with Gasteiger partial charge in [-0.15, -0.1) is 0 Å². The highest BCUT2D eigenvalue weighted by Crippen LogP contribution is 2.22. The molecule has 27 heavy (non-hydrogen) atoms. The maximum atomic E-state index is 5.31. The average Bonchev–Trinajstić information content (AvgIpc) is 3.07. The molecule has 1 heterocycles. The van der Waals surface area contributed by atoms with Crippen LogP contribution in [0.15, 0.2) is 85.1 Å². The average molecular weight is 356 g/mol. The van der Waals surface area contributed by atoms with E-state index in [0.717, 1.165) is 25.4 Å². The Hall–Kier alpha value is -3.04. The molecule has 0 radical (unpaired) electrons. The predicted molar refractivity (Wildman–Crippen MR) is 111 cm³/mol. The maximum Gasteiger partial charge on any atom is 0.119 e. The van der Waals surface area contributed by atoms with E-state index in [1.165, 1.54) is 27.6 Å². The van der Waals surface area contributed by atoms with Crippen LogP contribution in [0, 0.1) is 0 Å². The molecular formula is C24H24N2O. The molecule has 3 heteroatoms. The summed E-state index contributed by atoms with van der Waals surface area (Å²) in [5, 5.41) is 4.88. The molecule has 136 valence electrons. The molecule has 3 aromatic carbocycles. The molecule has 0 amide bonds. The Bertz CT molecular complexity index is 1020. The van der Waals surface area contributed by atoms with E-state index in [9.17, 15) is 0 Å². The summed E-state index contributed by atoms with van der Waals surface area (Å²) >= 11 is 0. The minimum Gasteiger partial charge on any atom is -0.497 e. The third-order valence-corrected chi connectivity index (χ3v) is 4.85. The smallest absolute Gasteiger partial charge is 0.119 e. The normalized spacial score (nSPS) is 11.0. The summed E-state index contributed by atoms with van der Waals surface area (Å²) in [6.07, 6.45) is 2.27. The molecule has 0 atom stereocenters. The fraction of sp³-hybridized carbons (Fsp3) is 0.167. The first-order valence-electron chi connectivity index (χ1n) is 9.28. The summed E-state index contributed by atoms with van der Waals surface area (Å²) in [5.74, 6) is 0.897. The van der Waals surface area contributed by atoms with Gasteiger partial charge in [0.05, 0.1) is 7.11 Å². The highest BCUT2D eigenvalue weighted by Gasteiger charge is 2.08. The van der Waals surface area contributed by atoms with Crippen molar-refractivity contribution in [2.75, 3.05) is 7.11 Å². The van der Waals surface area contributed by atoms with Gasteiger partial charge in [-0.25, -0.2) is 0 Å². The van der Waals surface area contributed by atoms with E-state index >= 15 is 0 Å². The summed E-state index contributed by atoms with van der Waals surface area (Å²) in [7, 11) is 1.70. The first kappa shape index (κ1) is 17.4. The highest BCUT2D eigenvalue weighted by atomic mass is 16.5. The second-order valence-corrected chi connectivity index (χ2v) is 6.74. The fourth-order valence-electron chi connectivity index (χ4n) is 3.50. The van der Waals surface area contributed by atoms with E-state index < -0.39 is 0 Å². The van der Waals surface area contributed by atoms with Crippen molar-refractivity contribution in [3.8, 4) is 5.75 Å². The Balaban J connectivity index is 1.51. The first-order valence-corrected chi connectivity index (χ1v) is 9.28. The Morgan fingerprint density at radius 3 is 2.44 bits per heavy atom. The van der Waals surface area contributed by atoms with Crippen LogP contribution < -0.4 is 10.1 Å². The van der Waals surface area contributed by atoms with Crippen molar-refractivity contribution < 1.29 is 4.74 Å². The number of rotatable bonds is 7. The molecule has 0 saturated heterocycles. The van der Waals surface area contributed by atoms with Gasteiger partial charge in [0.1, 0.15) is 5.75 Å². The summed E-state index contributed by atoms with van der Waals surface area (Å²) in [6, 6.07) is 27.4. The molecule has 0 aliphatic carbocycles. The van der Waals surface area contributed by atoms with Crippen molar-refractivity contribution in [1.29, 1.82) is 0 Å². The van der Waals surface area contributed by atoms with Crippen LogP contribution in [0.3, 0.4) is 0 Å². The third-order valence-electron chi connectivity index (χ3n) is 4.85. The van der Waals surface area contributed by atoms with Crippen LogP contribution in [-0.2, 0) is 19.6 Å². The number of para-hydroxylation sites is 1. The molecule has 1 aromatic heterocycles. The van der Waals surface area contributed by atoms with E-state index in [0.29, 0.717) is 0 Å². The van der Waals surface area contributed by atoms with Crippen LogP contribution in [0.5, 0.6) is 5.75 Å².